The maximum absolute atomic E-state index is 7.33. The van der Waals surface area contributed by atoms with Gasteiger partial charge in [-0.2, -0.15) is 0 Å². The number of hydrogen-bond acceptors (Lipinski definition) is 3. The number of fused-ring (bicyclic) bond motifs is 19. The fourth-order valence-electron chi connectivity index (χ4n) is 12.4. The van der Waals surface area contributed by atoms with Crippen LogP contribution in [0.1, 0.15) is 51.3 Å². The number of aromatic nitrogens is 1. The zero-order valence-corrected chi connectivity index (χ0v) is 37.5. The van der Waals surface area contributed by atoms with Crippen LogP contribution in [-0.4, -0.2) is 11.4 Å². The highest BCUT2D eigenvalue weighted by Gasteiger charge is 2.48. The van der Waals surface area contributed by atoms with E-state index in [0.29, 0.717) is 0 Å². The minimum atomic E-state index is -0.226. The van der Waals surface area contributed by atoms with Crippen LogP contribution in [0.3, 0.4) is 0 Å². The summed E-state index contributed by atoms with van der Waals surface area (Å²) in [4.78, 5) is 2.63. The van der Waals surface area contributed by atoms with Crippen LogP contribution in [0.4, 0.5) is 11.4 Å². The molecule has 9 aromatic carbocycles. The Morgan fingerprint density at radius 3 is 2.09 bits per heavy atom. The van der Waals surface area contributed by atoms with E-state index in [0.717, 1.165) is 61.0 Å². The predicted octanol–water partition coefficient (Wildman–Crippen LogP) is 15.1. The van der Waals surface area contributed by atoms with Crippen molar-refractivity contribution in [1.29, 1.82) is 0 Å². The molecule has 3 aromatic heterocycles. The van der Waals surface area contributed by atoms with Gasteiger partial charge in [-0.25, -0.2) is 0 Å². The smallest absolute Gasteiger partial charge is 0.333 e. The maximum Gasteiger partial charge on any atom is 0.333 e. The monoisotopic (exact) mass is 846 g/mol. The second-order valence-corrected chi connectivity index (χ2v) is 20.4. The van der Waals surface area contributed by atoms with E-state index in [1.807, 2.05) is 0 Å². The van der Waals surface area contributed by atoms with E-state index >= 15 is 0 Å². The van der Waals surface area contributed by atoms with Gasteiger partial charge in [-0.1, -0.05) is 150 Å². The molecule has 0 fully saturated rings. The van der Waals surface area contributed by atoms with Gasteiger partial charge in [0, 0.05) is 72.0 Å². The van der Waals surface area contributed by atoms with E-state index in [4.69, 9.17) is 8.83 Å². The third-order valence-corrected chi connectivity index (χ3v) is 15.5. The zero-order valence-electron chi connectivity index (χ0n) is 37.5. The van der Waals surface area contributed by atoms with Crippen molar-refractivity contribution in [3.8, 4) is 39.1 Å². The molecule has 66 heavy (non-hydrogen) atoms. The van der Waals surface area contributed by atoms with Crippen LogP contribution < -0.4 is 15.7 Å². The minimum Gasteiger partial charge on any atom is -0.456 e. The van der Waals surface area contributed by atoms with Gasteiger partial charge in [0.05, 0.1) is 11.0 Å². The van der Waals surface area contributed by atoms with Crippen molar-refractivity contribution in [2.75, 3.05) is 4.81 Å². The van der Waals surface area contributed by atoms with Crippen LogP contribution in [0.25, 0.3) is 105 Å². The molecule has 312 valence electrons. The number of nitrogens with zero attached hydrogens (tertiary/aromatic N) is 2. The third kappa shape index (κ3) is 4.55. The van der Waals surface area contributed by atoms with Gasteiger partial charge in [-0.15, -0.1) is 0 Å². The molecule has 0 amide bonds. The van der Waals surface area contributed by atoms with E-state index in [2.05, 4.69) is 214 Å². The van der Waals surface area contributed by atoms with Gasteiger partial charge in [-0.3, -0.25) is 0 Å². The standard InChI is InChI=1S/C61H43BN2O2/c1-60(2,3)36-26-27-48-43(29-36)54-55-40-22-11-14-25-52(40)66-59(55)56-44-30-42-39-21-10-13-24-51(39)65-53(42)33-49(44)64(37-19-15-18-35(28-37)34-16-7-6-8-17-34)62-47-31-41-38-20-9-12-23-45(38)61(4,5)46(41)32-50(47)63(48)58(54)57(56)62/h6-33H,1-5H3. The molecule has 0 N–H and O–H groups in total. The fraction of sp³-hybridized carbons (Fsp3) is 0.115. The molecule has 0 atom stereocenters. The van der Waals surface area contributed by atoms with E-state index < -0.39 is 0 Å². The first kappa shape index (κ1) is 36.6. The average Bonchev–Trinajstić information content (AvgIpc) is 4.06. The summed E-state index contributed by atoms with van der Waals surface area (Å²) in [6.45, 7) is 11.5. The van der Waals surface area contributed by atoms with Crippen molar-refractivity contribution in [3.05, 3.63) is 187 Å². The molecule has 0 saturated heterocycles. The van der Waals surface area contributed by atoms with Crippen LogP contribution in [0.15, 0.2) is 179 Å². The highest BCUT2D eigenvalue weighted by atomic mass is 16.3. The Kier molecular flexibility index (Phi) is 6.83. The molecule has 5 heterocycles. The third-order valence-electron chi connectivity index (χ3n) is 15.5. The molecule has 2 aliphatic heterocycles. The van der Waals surface area contributed by atoms with Crippen LogP contribution in [0.5, 0.6) is 0 Å². The van der Waals surface area contributed by atoms with Gasteiger partial charge in [0.1, 0.15) is 22.3 Å². The second kappa shape index (κ2) is 12.3. The van der Waals surface area contributed by atoms with Crippen molar-refractivity contribution in [2.45, 2.75) is 45.4 Å². The van der Waals surface area contributed by atoms with E-state index in [1.165, 1.54) is 82.7 Å². The summed E-state index contributed by atoms with van der Waals surface area (Å²) in [6.07, 6.45) is 0. The Balaban J connectivity index is 1.19. The van der Waals surface area contributed by atoms with Gasteiger partial charge in [0.2, 0.25) is 0 Å². The van der Waals surface area contributed by atoms with Gasteiger partial charge < -0.3 is 18.2 Å². The average molecular weight is 847 g/mol. The summed E-state index contributed by atoms with van der Waals surface area (Å²) < 4.78 is 16.8. The molecule has 3 aliphatic rings. The highest BCUT2D eigenvalue weighted by molar-refractivity contribution is 6.94. The first-order valence-corrected chi connectivity index (χ1v) is 23.3. The molecule has 0 radical (unpaired) electrons. The van der Waals surface area contributed by atoms with E-state index in [9.17, 15) is 0 Å². The molecular formula is C61H43BN2O2. The largest absolute Gasteiger partial charge is 0.456 e. The SMILES string of the molecule is CC(C)(C)c1ccc2c(c1)c1c3c(oc4ccccc43)c3c4c1n2-c1cc2c(cc1B4N(c1cccc(-c4ccccc4)c1)c1cc4oc5ccccc5c4cc1-3)-c1ccccc1C2(C)C. The Hall–Kier alpha value is -7.76. The van der Waals surface area contributed by atoms with Crippen molar-refractivity contribution in [3.63, 3.8) is 0 Å². The summed E-state index contributed by atoms with van der Waals surface area (Å²) in [5.41, 5.74) is 23.1. The number of benzene rings is 9. The van der Waals surface area contributed by atoms with E-state index in [1.54, 1.807) is 0 Å². The summed E-state index contributed by atoms with van der Waals surface area (Å²) in [5, 5.41) is 7.03. The summed E-state index contributed by atoms with van der Waals surface area (Å²) in [7, 11) is 0. The van der Waals surface area contributed by atoms with Gasteiger partial charge in [0.25, 0.3) is 0 Å². The molecule has 0 spiro atoms. The molecule has 0 unspecified atom stereocenters. The predicted molar refractivity (Wildman–Crippen MR) is 276 cm³/mol. The molecular weight excluding hydrogens is 803 g/mol. The number of para-hydroxylation sites is 2. The lowest BCUT2D eigenvalue weighted by atomic mass is 9.43. The first-order chi connectivity index (χ1) is 32.1. The highest BCUT2D eigenvalue weighted by Crippen LogP contribution is 2.55. The maximum atomic E-state index is 7.33. The first-order valence-electron chi connectivity index (χ1n) is 23.3. The lowest BCUT2D eigenvalue weighted by Gasteiger charge is -2.42. The quantitative estimate of drug-likeness (QED) is 0.163. The van der Waals surface area contributed by atoms with Gasteiger partial charge >= 0.3 is 6.85 Å². The molecule has 1 aliphatic carbocycles. The summed E-state index contributed by atoms with van der Waals surface area (Å²) in [5.74, 6) is 0. The van der Waals surface area contributed by atoms with E-state index in [-0.39, 0.29) is 17.7 Å². The molecule has 5 heteroatoms. The van der Waals surface area contributed by atoms with Crippen molar-refractivity contribution in [1.82, 2.24) is 4.57 Å². The second-order valence-electron chi connectivity index (χ2n) is 20.4. The van der Waals surface area contributed by atoms with Crippen LogP contribution in [0.2, 0.25) is 0 Å². The van der Waals surface area contributed by atoms with Crippen LogP contribution >= 0.6 is 0 Å². The van der Waals surface area contributed by atoms with Crippen molar-refractivity contribution in [2.24, 2.45) is 0 Å². The number of rotatable bonds is 2. The molecule has 0 saturated carbocycles. The lowest BCUT2D eigenvalue weighted by molar-refractivity contribution is 0.591. The van der Waals surface area contributed by atoms with Crippen LogP contribution in [0, 0.1) is 0 Å². The molecule has 4 nitrogen and oxygen atoms in total. The summed E-state index contributed by atoms with van der Waals surface area (Å²) >= 11 is 0. The number of hydrogen-bond donors (Lipinski definition) is 0. The van der Waals surface area contributed by atoms with Crippen LogP contribution in [-0.2, 0) is 10.8 Å². The normalized spacial score (nSPS) is 14.5. The van der Waals surface area contributed by atoms with Gasteiger partial charge in [0.15, 0.2) is 0 Å². The Labute approximate surface area is 382 Å². The topological polar surface area (TPSA) is 34.5 Å². The molecule has 15 rings (SSSR count). The fourth-order valence-corrected chi connectivity index (χ4v) is 12.4. The molecule has 0 bridgehead atoms. The van der Waals surface area contributed by atoms with Gasteiger partial charge in [-0.05, 0) is 104 Å². The van der Waals surface area contributed by atoms with Crippen molar-refractivity contribution >= 4 is 94.8 Å². The Morgan fingerprint density at radius 2 is 1.26 bits per heavy atom. The molecule has 12 aromatic rings. The lowest BCUT2D eigenvalue weighted by Crippen LogP contribution is -2.60. The summed E-state index contributed by atoms with van der Waals surface area (Å²) in [6, 6.07) is 63.1. The number of anilines is 2. The minimum absolute atomic E-state index is 0.0517. The number of furan rings is 2. The zero-order chi connectivity index (χ0) is 44.0. The Bertz CT molecular complexity index is 4140. The Morgan fingerprint density at radius 1 is 0.515 bits per heavy atom. The van der Waals surface area contributed by atoms with Crippen molar-refractivity contribution < 1.29 is 8.83 Å².